The predicted octanol–water partition coefficient (Wildman–Crippen LogP) is 4.40. The van der Waals surface area contributed by atoms with Gasteiger partial charge in [-0.3, -0.25) is 0 Å². The van der Waals surface area contributed by atoms with Gasteiger partial charge in [-0.25, -0.2) is 0 Å². The van der Waals surface area contributed by atoms with Gasteiger partial charge in [-0.2, -0.15) is 0 Å². The molecule has 1 aliphatic rings. The second-order valence-corrected chi connectivity index (χ2v) is 7.20. The zero-order chi connectivity index (χ0) is 13.7. The van der Waals surface area contributed by atoms with Gasteiger partial charge in [-0.1, -0.05) is 39.8 Å². The predicted molar refractivity (Wildman–Crippen MR) is 77.1 cm³/mol. The van der Waals surface area contributed by atoms with Crippen molar-refractivity contribution in [2.75, 3.05) is 0 Å². The Hall–Kier alpha value is -0.820. The zero-order valence-corrected chi connectivity index (χ0v) is 12.6. The Balaban J connectivity index is 2.69. The third-order valence-corrected chi connectivity index (χ3v) is 4.69. The zero-order valence-electron chi connectivity index (χ0n) is 12.6. The van der Waals surface area contributed by atoms with Crippen molar-refractivity contribution in [3.63, 3.8) is 0 Å². The Morgan fingerprint density at radius 1 is 1.00 bits per heavy atom. The van der Waals surface area contributed by atoms with Crippen LogP contribution in [0.4, 0.5) is 0 Å². The van der Waals surface area contributed by atoms with Crippen molar-refractivity contribution in [1.29, 1.82) is 0 Å². The topological polar surface area (TPSA) is 20.2 Å². The molecular weight excluding hydrogens is 220 g/mol. The molecule has 0 heterocycles. The highest BCUT2D eigenvalue weighted by molar-refractivity contribution is 5.47. The summed E-state index contributed by atoms with van der Waals surface area (Å²) in [6.45, 7) is 13.3. The summed E-state index contributed by atoms with van der Waals surface area (Å²) in [6.07, 6.45) is 2.08. The van der Waals surface area contributed by atoms with Gasteiger partial charge in [0.2, 0.25) is 0 Å². The van der Waals surface area contributed by atoms with Crippen LogP contribution in [0.25, 0.3) is 0 Å². The van der Waals surface area contributed by atoms with Gasteiger partial charge in [0, 0.05) is 0 Å². The minimum Gasteiger partial charge on any atom is -0.389 e. The van der Waals surface area contributed by atoms with E-state index in [1.54, 1.807) is 0 Å². The van der Waals surface area contributed by atoms with Crippen LogP contribution in [-0.4, -0.2) is 5.11 Å². The van der Waals surface area contributed by atoms with Gasteiger partial charge in [0.15, 0.2) is 0 Å². The minimum atomic E-state index is -0.379. The van der Waals surface area contributed by atoms with E-state index in [4.69, 9.17) is 0 Å². The first-order chi connectivity index (χ1) is 8.15. The van der Waals surface area contributed by atoms with E-state index in [2.05, 4.69) is 46.8 Å². The minimum absolute atomic E-state index is 0.224. The molecular formula is C17H26O. The van der Waals surface area contributed by atoms with Crippen LogP contribution in [0.2, 0.25) is 0 Å². The number of fused-ring (bicyclic) bond motifs is 1. The molecule has 0 saturated carbocycles. The van der Waals surface area contributed by atoms with Crippen LogP contribution in [0.1, 0.15) is 75.8 Å². The van der Waals surface area contributed by atoms with E-state index in [-0.39, 0.29) is 16.9 Å². The summed E-state index contributed by atoms with van der Waals surface area (Å²) in [5.74, 6) is 0. The average molecular weight is 246 g/mol. The lowest BCUT2D eigenvalue weighted by Crippen LogP contribution is -2.34. The Morgan fingerprint density at radius 2 is 1.44 bits per heavy atom. The van der Waals surface area contributed by atoms with Crippen molar-refractivity contribution in [3.05, 3.63) is 34.4 Å². The molecule has 1 heteroatoms. The molecule has 0 saturated heterocycles. The smallest absolute Gasteiger partial charge is 0.0764 e. The number of rotatable bonds is 1. The molecule has 1 atom stereocenters. The quantitative estimate of drug-likeness (QED) is 0.779. The summed E-state index contributed by atoms with van der Waals surface area (Å²) in [4.78, 5) is 0. The molecule has 0 radical (unpaired) electrons. The number of hydrogen-bond acceptors (Lipinski definition) is 1. The Kier molecular flexibility index (Phi) is 3.09. The third kappa shape index (κ3) is 2.09. The highest BCUT2D eigenvalue weighted by Crippen LogP contribution is 2.46. The summed E-state index contributed by atoms with van der Waals surface area (Å²) in [5, 5.41) is 9.91. The second-order valence-electron chi connectivity index (χ2n) is 7.20. The summed E-state index contributed by atoms with van der Waals surface area (Å²) in [6, 6.07) is 4.55. The lowest BCUT2D eigenvalue weighted by Gasteiger charge is -2.42. The fourth-order valence-corrected chi connectivity index (χ4v) is 3.19. The molecule has 1 N–H and O–H groups in total. The normalized spacial score (nSPS) is 22.4. The highest BCUT2D eigenvalue weighted by atomic mass is 16.3. The molecule has 2 rings (SSSR count). The molecule has 100 valence electrons. The van der Waals surface area contributed by atoms with E-state index in [1.807, 2.05) is 6.92 Å². The maximum absolute atomic E-state index is 9.91. The van der Waals surface area contributed by atoms with Crippen molar-refractivity contribution >= 4 is 0 Å². The van der Waals surface area contributed by atoms with Crippen LogP contribution >= 0.6 is 0 Å². The average Bonchev–Trinajstić information content (AvgIpc) is 2.24. The maximum Gasteiger partial charge on any atom is 0.0764 e. The van der Waals surface area contributed by atoms with Crippen molar-refractivity contribution < 1.29 is 5.11 Å². The first-order valence-electron chi connectivity index (χ1n) is 6.99. The van der Waals surface area contributed by atoms with E-state index in [0.717, 1.165) is 5.56 Å². The van der Waals surface area contributed by atoms with Crippen molar-refractivity contribution in [1.82, 2.24) is 0 Å². The molecule has 1 aromatic rings. The molecule has 1 unspecified atom stereocenters. The SMILES string of the molecule is Cc1cc2c(cc1C(C)O)C(C)(C)CCC2(C)C. The molecule has 0 bridgehead atoms. The summed E-state index contributed by atoms with van der Waals surface area (Å²) in [7, 11) is 0. The lowest BCUT2D eigenvalue weighted by atomic mass is 9.62. The molecule has 0 aromatic heterocycles. The van der Waals surface area contributed by atoms with Crippen LogP contribution < -0.4 is 0 Å². The van der Waals surface area contributed by atoms with E-state index < -0.39 is 0 Å². The fourth-order valence-electron chi connectivity index (χ4n) is 3.19. The second kappa shape index (κ2) is 4.09. The number of benzene rings is 1. The van der Waals surface area contributed by atoms with Crippen LogP contribution in [0.5, 0.6) is 0 Å². The fraction of sp³-hybridized carbons (Fsp3) is 0.647. The largest absolute Gasteiger partial charge is 0.389 e. The first-order valence-corrected chi connectivity index (χ1v) is 6.99. The van der Waals surface area contributed by atoms with Crippen molar-refractivity contribution in [3.8, 4) is 0 Å². The Bertz CT molecular complexity index is 467. The molecule has 18 heavy (non-hydrogen) atoms. The van der Waals surface area contributed by atoms with E-state index in [0.29, 0.717) is 0 Å². The van der Waals surface area contributed by atoms with Gasteiger partial charge in [0.1, 0.15) is 0 Å². The summed E-state index contributed by atoms with van der Waals surface area (Å²) >= 11 is 0. The third-order valence-electron chi connectivity index (χ3n) is 4.69. The van der Waals surface area contributed by atoms with Gasteiger partial charge in [-0.15, -0.1) is 0 Å². The summed E-state index contributed by atoms with van der Waals surface area (Å²) in [5.41, 5.74) is 5.68. The van der Waals surface area contributed by atoms with Gasteiger partial charge >= 0.3 is 0 Å². The molecule has 0 amide bonds. The highest BCUT2D eigenvalue weighted by Gasteiger charge is 2.37. The molecule has 1 nitrogen and oxygen atoms in total. The first kappa shape index (κ1) is 13.6. The standard InChI is InChI=1S/C17H26O/c1-11-9-14-15(10-13(11)12(2)18)17(5,6)8-7-16(14,3)4/h9-10,12,18H,7-8H2,1-6H3. The van der Waals surface area contributed by atoms with Crippen LogP contribution in [0.15, 0.2) is 12.1 Å². The van der Waals surface area contributed by atoms with E-state index in [9.17, 15) is 5.11 Å². The number of aliphatic hydroxyl groups is 1. The van der Waals surface area contributed by atoms with Gasteiger partial charge < -0.3 is 5.11 Å². The summed E-state index contributed by atoms with van der Waals surface area (Å²) < 4.78 is 0. The van der Waals surface area contributed by atoms with Crippen molar-refractivity contribution in [2.24, 2.45) is 0 Å². The number of aryl methyl sites for hydroxylation is 1. The molecule has 0 fully saturated rings. The van der Waals surface area contributed by atoms with Crippen LogP contribution in [0, 0.1) is 6.92 Å². The van der Waals surface area contributed by atoms with Gasteiger partial charge in [0.05, 0.1) is 6.10 Å². The van der Waals surface area contributed by atoms with Gasteiger partial charge in [-0.05, 0) is 59.8 Å². The lowest BCUT2D eigenvalue weighted by molar-refractivity contribution is 0.198. The Labute approximate surface area is 111 Å². The molecule has 0 spiro atoms. The number of aliphatic hydroxyl groups excluding tert-OH is 1. The molecule has 1 aromatic carbocycles. The van der Waals surface area contributed by atoms with Gasteiger partial charge in [0.25, 0.3) is 0 Å². The Morgan fingerprint density at radius 3 is 1.89 bits per heavy atom. The van der Waals surface area contributed by atoms with E-state index >= 15 is 0 Å². The maximum atomic E-state index is 9.91. The van der Waals surface area contributed by atoms with Crippen molar-refractivity contribution in [2.45, 2.75) is 71.3 Å². The molecule has 0 aliphatic heterocycles. The van der Waals surface area contributed by atoms with Crippen LogP contribution in [-0.2, 0) is 10.8 Å². The monoisotopic (exact) mass is 246 g/mol. The van der Waals surface area contributed by atoms with E-state index in [1.165, 1.54) is 29.5 Å². The number of hydrogen-bond donors (Lipinski definition) is 1. The molecule has 1 aliphatic carbocycles. The van der Waals surface area contributed by atoms with Crippen LogP contribution in [0.3, 0.4) is 0 Å².